The van der Waals surface area contributed by atoms with E-state index in [1.807, 2.05) is 0 Å². The van der Waals surface area contributed by atoms with Gasteiger partial charge in [-0.1, -0.05) is 27.7 Å². The van der Waals surface area contributed by atoms with Gasteiger partial charge in [-0.05, 0) is 24.3 Å². The number of hydrogen-bond donors (Lipinski definition) is 2. The number of carbonyl (C=O) groups is 1. The molecule has 1 rings (SSSR count). The maximum absolute atomic E-state index is 11.7. The Morgan fingerprint density at radius 1 is 1.53 bits per heavy atom. The second-order valence-corrected chi connectivity index (χ2v) is 5.73. The number of rotatable bonds is 3. The molecule has 1 unspecified atom stereocenters. The van der Waals surface area contributed by atoms with Gasteiger partial charge in [0, 0.05) is 19.0 Å². The molecule has 0 aromatic heterocycles. The van der Waals surface area contributed by atoms with E-state index in [1.165, 1.54) is 0 Å². The molecule has 15 heavy (non-hydrogen) atoms. The summed E-state index contributed by atoms with van der Waals surface area (Å²) < 4.78 is 0. The molecule has 1 heterocycles. The van der Waals surface area contributed by atoms with Crippen LogP contribution in [0.5, 0.6) is 0 Å². The van der Waals surface area contributed by atoms with Crippen molar-refractivity contribution in [1.82, 2.24) is 10.6 Å². The minimum Gasteiger partial charge on any atom is -0.352 e. The highest BCUT2D eigenvalue weighted by Crippen LogP contribution is 2.27. The summed E-state index contributed by atoms with van der Waals surface area (Å²) in [5.41, 5.74) is 0.214. The predicted molar refractivity (Wildman–Crippen MR) is 62.7 cm³/mol. The van der Waals surface area contributed by atoms with E-state index in [0.717, 1.165) is 19.5 Å². The van der Waals surface area contributed by atoms with E-state index >= 15 is 0 Å². The molecule has 1 aliphatic rings. The standard InChI is InChI=1S/C12H24N2O/c1-9(12(2,3)4)7-11(15)14-10-5-6-13-8-10/h9-10,13H,5-8H2,1-4H3,(H,14,15)/t9?,10-/m1/s1. The maximum Gasteiger partial charge on any atom is 0.220 e. The molecule has 88 valence electrons. The van der Waals surface area contributed by atoms with Crippen molar-refractivity contribution in [3.05, 3.63) is 0 Å². The first kappa shape index (κ1) is 12.5. The van der Waals surface area contributed by atoms with Gasteiger partial charge in [0.25, 0.3) is 0 Å². The van der Waals surface area contributed by atoms with Crippen LogP contribution in [0.3, 0.4) is 0 Å². The van der Waals surface area contributed by atoms with Crippen molar-refractivity contribution in [3.8, 4) is 0 Å². The molecular formula is C12H24N2O. The normalized spacial score (nSPS) is 23.9. The van der Waals surface area contributed by atoms with Crippen molar-refractivity contribution in [2.75, 3.05) is 13.1 Å². The Morgan fingerprint density at radius 2 is 2.20 bits per heavy atom. The van der Waals surface area contributed by atoms with Crippen LogP contribution in [0, 0.1) is 11.3 Å². The van der Waals surface area contributed by atoms with E-state index in [9.17, 15) is 4.79 Å². The van der Waals surface area contributed by atoms with Crippen molar-refractivity contribution in [2.45, 2.75) is 46.6 Å². The molecule has 0 bridgehead atoms. The second-order valence-electron chi connectivity index (χ2n) is 5.73. The predicted octanol–water partition coefficient (Wildman–Crippen LogP) is 1.54. The van der Waals surface area contributed by atoms with Gasteiger partial charge in [-0.2, -0.15) is 0 Å². The highest BCUT2D eigenvalue weighted by Gasteiger charge is 2.24. The van der Waals surface area contributed by atoms with E-state index in [4.69, 9.17) is 0 Å². The van der Waals surface area contributed by atoms with Gasteiger partial charge in [-0.3, -0.25) is 4.79 Å². The summed E-state index contributed by atoms with van der Waals surface area (Å²) in [5.74, 6) is 0.623. The fraction of sp³-hybridized carbons (Fsp3) is 0.917. The third kappa shape index (κ3) is 4.20. The summed E-state index contributed by atoms with van der Waals surface area (Å²) in [6.07, 6.45) is 1.70. The van der Waals surface area contributed by atoms with Crippen LogP contribution < -0.4 is 10.6 Å². The molecule has 0 aromatic rings. The zero-order valence-corrected chi connectivity index (χ0v) is 10.4. The average molecular weight is 212 g/mol. The van der Waals surface area contributed by atoms with Crippen molar-refractivity contribution in [3.63, 3.8) is 0 Å². The minimum absolute atomic E-state index is 0.200. The van der Waals surface area contributed by atoms with Crippen molar-refractivity contribution in [1.29, 1.82) is 0 Å². The zero-order chi connectivity index (χ0) is 11.5. The largest absolute Gasteiger partial charge is 0.352 e. The Hall–Kier alpha value is -0.570. The van der Waals surface area contributed by atoms with Crippen LogP contribution in [0.25, 0.3) is 0 Å². The van der Waals surface area contributed by atoms with Gasteiger partial charge in [0.2, 0.25) is 5.91 Å². The van der Waals surface area contributed by atoms with Gasteiger partial charge < -0.3 is 10.6 Å². The van der Waals surface area contributed by atoms with E-state index in [-0.39, 0.29) is 11.3 Å². The number of nitrogens with one attached hydrogen (secondary N) is 2. The summed E-state index contributed by atoms with van der Waals surface area (Å²) in [4.78, 5) is 11.7. The lowest BCUT2D eigenvalue weighted by atomic mass is 9.80. The summed E-state index contributed by atoms with van der Waals surface area (Å²) in [5, 5.41) is 6.33. The number of hydrogen-bond acceptors (Lipinski definition) is 2. The van der Waals surface area contributed by atoms with Gasteiger partial charge in [0.1, 0.15) is 0 Å². The first-order valence-electron chi connectivity index (χ1n) is 5.89. The summed E-state index contributed by atoms with van der Waals surface area (Å²) >= 11 is 0. The summed E-state index contributed by atoms with van der Waals surface area (Å²) in [6, 6.07) is 0.352. The second kappa shape index (κ2) is 4.97. The monoisotopic (exact) mass is 212 g/mol. The van der Waals surface area contributed by atoms with Gasteiger partial charge in [-0.25, -0.2) is 0 Å². The molecule has 2 N–H and O–H groups in total. The van der Waals surface area contributed by atoms with E-state index in [1.54, 1.807) is 0 Å². The molecular weight excluding hydrogens is 188 g/mol. The Bertz CT molecular complexity index is 214. The first-order chi connectivity index (χ1) is 6.89. The third-order valence-electron chi connectivity index (χ3n) is 3.40. The molecule has 1 fully saturated rings. The Balaban J connectivity index is 2.29. The smallest absolute Gasteiger partial charge is 0.220 e. The van der Waals surface area contributed by atoms with Gasteiger partial charge in [0.15, 0.2) is 0 Å². The third-order valence-corrected chi connectivity index (χ3v) is 3.40. The highest BCUT2D eigenvalue weighted by atomic mass is 16.1. The van der Waals surface area contributed by atoms with Crippen LogP contribution in [0.2, 0.25) is 0 Å². The number of amides is 1. The molecule has 1 amide bonds. The van der Waals surface area contributed by atoms with Crippen LogP contribution in [-0.2, 0) is 4.79 Å². The molecule has 3 heteroatoms. The van der Waals surface area contributed by atoms with E-state index in [2.05, 4.69) is 38.3 Å². The minimum atomic E-state index is 0.200. The molecule has 3 nitrogen and oxygen atoms in total. The molecule has 0 saturated carbocycles. The molecule has 0 spiro atoms. The lowest BCUT2D eigenvalue weighted by Crippen LogP contribution is -2.38. The Labute approximate surface area is 93.0 Å². The summed E-state index contributed by atoms with van der Waals surface area (Å²) in [6.45, 7) is 10.6. The van der Waals surface area contributed by atoms with Crippen LogP contribution in [0.1, 0.15) is 40.5 Å². The van der Waals surface area contributed by atoms with Crippen molar-refractivity contribution in [2.24, 2.45) is 11.3 Å². The van der Waals surface area contributed by atoms with Gasteiger partial charge >= 0.3 is 0 Å². The van der Waals surface area contributed by atoms with Gasteiger partial charge in [-0.15, -0.1) is 0 Å². The topological polar surface area (TPSA) is 41.1 Å². The first-order valence-corrected chi connectivity index (χ1v) is 5.89. The maximum atomic E-state index is 11.7. The number of carbonyl (C=O) groups excluding carboxylic acids is 1. The molecule has 1 aliphatic heterocycles. The fourth-order valence-corrected chi connectivity index (χ4v) is 1.65. The van der Waals surface area contributed by atoms with Crippen molar-refractivity contribution < 1.29 is 4.79 Å². The average Bonchev–Trinajstić information content (AvgIpc) is 2.54. The van der Waals surface area contributed by atoms with Gasteiger partial charge in [0.05, 0.1) is 0 Å². The SMILES string of the molecule is CC(CC(=O)N[C@@H]1CCNC1)C(C)(C)C. The van der Waals surface area contributed by atoms with E-state index in [0.29, 0.717) is 18.4 Å². The summed E-state index contributed by atoms with van der Waals surface area (Å²) in [7, 11) is 0. The fourth-order valence-electron chi connectivity index (χ4n) is 1.65. The zero-order valence-electron chi connectivity index (χ0n) is 10.4. The Kier molecular flexibility index (Phi) is 4.14. The molecule has 1 saturated heterocycles. The molecule has 0 radical (unpaired) electrons. The quantitative estimate of drug-likeness (QED) is 0.745. The molecule has 0 aromatic carbocycles. The van der Waals surface area contributed by atoms with E-state index < -0.39 is 0 Å². The lowest BCUT2D eigenvalue weighted by molar-refractivity contribution is -0.123. The van der Waals surface area contributed by atoms with Crippen LogP contribution in [0.4, 0.5) is 0 Å². The lowest BCUT2D eigenvalue weighted by Gasteiger charge is -2.27. The highest BCUT2D eigenvalue weighted by molar-refractivity contribution is 5.76. The Morgan fingerprint density at radius 3 is 2.67 bits per heavy atom. The molecule has 0 aliphatic carbocycles. The van der Waals surface area contributed by atoms with Crippen LogP contribution in [0.15, 0.2) is 0 Å². The molecule has 2 atom stereocenters. The van der Waals surface area contributed by atoms with Crippen molar-refractivity contribution >= 4 is 5.91 Å². The van der Waals surface area contributed by atoms with Crippen LogP contribution >= 0.6 is 0 Å². The van der Waals surface area contributed by atoms with Crippen LogP contribution in [-0.4, -0.2) is 25.0 Å².